The van der Waals surface area contributed by atoms with Crippen LogP contribution in [0.25, 0.3) is 0 Å². The van der Waals surface area contributed by atoms with Crippen LogP contribution in [-0.2, 0) is 25.9 Å². The molecule has 9 nitrogen and oxygen atoms in total. The molecule has 4 aliphatic rings. The minimum absolute atomic E-state index is 0.0562. The highest BCUT2D eigenvalue weighted by atomic mass is 19.4. The lowest BCUT2D eigenvalue weighted by atomic mass is 9.60. The van der Waals surface area contributed by atoms with Gasteiger partial charge in [-0.15, -0.1) is 5.10 Å². The van der Waals surface area contributed by atoms with Crippen molar-refractivity contribution in [1.82, 2.24) is 39.2 Å². The van der Waals surface area contributed by atoms with Gasteiger partial charge in [-0.25, -0.2) is 14.5 Å². The highest BCUT2D eigenvalue weighted by molar-refractivity contribution is 5.77. The summed E-state index contributed by atoms with van der Waals surface area (Å²) >= 11 is 0. The van der Waals surface area contributed by atoms with Crippen LogP contribution in [0, 0.1) is 10.8 Å². The molecule has 36 heavy (non-hydrogen) atoms. The largest absolute Gasteiger partial charge is 0.453 e. The topological polar surface area (TPSA) is 75.3 Å². The SMILES string of the molecule is Cn1ncc(C(F)(F)F)c1CN1CC2(C1)CN(C(=O)N1CC3(CC(n4cnc(C(F)(F)F)n4)C3)C1)C2. The summed E-state index contributed by atoms with van der Waals surface area (Å²) in [6, 6.07) is -0.198. The van der Waals surface area contributed by atoms with Gasteiger partial charge in [-0.1, -0.05) is 0 Å². The zero-order valence-electron chi connectivity index (χ0n) is 19.3. The van der Waals surface area contributed by atoms with Crippen molar-refractivity contribution in [2.75, 3.05) is 39.3 Å². The highest BCUT2D eigenvalue weighted by Gasteiger charge is 2.58. The van der Waals surface area contributed by atoms with Crippen molar-refractivity contribution in [2.45, 2.75) is 37.8 Å². The number of carbonyl (C=O) groups is 1. The number of alkyl halides is 6. The van der Waals surface area contributed by atoms with E-state index in [0.717, 1.165) is 12.5 Å². The van der Waals surface area contributed by atoms with Crippen molar-refractivity contribution in [3.63, 3.8) is 0 Å². The van der Waals surface area contributed by atoms with Crippen molar-refractivity contribution < 1.29 is 31.1 Å². The standard InChI is InChI=1S/C21H24F6N8O/c1-31-15(14(4-29-31)20(22,23)24)5-32-6-19(7-32)10-34(11-19)17(36)33-8-18(9-33)2-13(3-18)35-12-28-16(30-35)21(25,26)27/h4,12-13H,2-3,5-11H2,1H3. The van der Waals surface area contributed by atoms with E-state index in [1.165, 1.54) is 16.4 Å². The fraction of sp³-hybridized carbons (Fsp3) is 0.714. The number of aryl methyl sites for hydroxylation is 1. The summed E-state index contributed by atoms with van der Waals surface area (Å²) < 4.78 is 80.2. The molecule has 3 saturated heterocycles. The van der Waals surface area contributed by atoms with E-state index in [2.05, 4.69) is 15.2 Å². The fourth-order valence-corrected chi connectivity index (χ4v) is 6.28. The first-order valence-electron chi connectivity index (χ1n) is 11.6. The van der Waals surface area contributed by atoms with Crippen molar-refractivity contribution in [3.8, 4) is 0 Å². The number of nitrogens with zero attached hydrogens (tertiary/aromatic N) is 8. The summed E-state index contributed by atoms with van der Waals surface area (Å²) in [5, 5.41) is 7.29. The third-order valence-electron chi connectivity index (χ3n) is 7.98. The molecule has 0 atom stereocenters. The number of hydrogen-bond acceptors (Lipinski definition) is 5. The number of urea groups is 1. The Morgan fingerprint density at radius 1 is 0.972 bits per heavy atom. The van der Waals surface area contributed by atoms with Crippen LogP contribution in [0.5, 0.6) is 0 Å². The molecule has 1 saturated carbocycles. The Hall–Kier alpha value is -2.84. The summed E-state index contributed by atoms with van der Waals surface area (Å²) in [5.41, 5.74) is -0.722. The van der Waals surface area contributed by atoms with Crippen molar-refractivity contribution >= 4 is 6.03 Å². The molecular weight excluding hydrogens is 494 g/mol. The number of rotatable bonds is 3. The zero-order chi connectivity index (χ0) is 25.7. The predicted molar refractivity (Wildman–Crippen MR) is 110 cm³/mol. The Morgan fingerprint density at radius 2 is 1.58 bits per heavy atom. The van der Waals surface area contributed by atoms with Gasteiger partial charge in [0.15, 0.2) is 0 Å². The van der Waals surface area contributed by atoms with Gasteiger partial charge in [0.2, 0.25) is 0 Å². The minimum Gasteiger partial charge on any atom is -0.323 e. The van der Waals surface area contributed by atoms with Gasteiger partial charge in [0.05, 0.1) is 23.5 Å². The Bertz CT molecular complexity index is 1170. The first kappa shape index (κ1) is 23.6. The van der Waals surface area contributed by atoms with Crippen LogP contribution in [0.15, 0.2) is 12.5 Å². The monoisotopic (exact) mass is 518 g/mol. The second-order valence-corrected chi connectivity index (χ2v) is 10.9. The molecule has 2 spiro atoms. The van der Waals surface area contributed by atoms with E-state index >= 15 is 0 Å². The lowest BCUT2D eigenvalue weighted by molar-refractivity contribution is -0.145. The number of likely N-dealkylation sites (tertiary alicyclic amines) is 3. The number of halogens is 6. The minimum atomic E-state index is -4.57. The molecule has 196 valence electrons. The molecule has 0 bridgehead atoms. The summed E-state index contributed by atoms with van der Waals surface area (Å²) in [6.45, 7) is 3.70. The smallest absolute Gasteiger partial charge is 0.323 e. The molecule has 3 aliphatic heterocycles. The van der Waals surface area contributed by atoms with Crippen LogP contribution < -0.4 is 0 Å². The first-order chi connectivity index (χ1) is 16.8. The molecule has 0 N–H and O–H groups in total. The van der Waals surface area contributed by atoms with E-state index < -0.39 is 23.7 Å². The van der Waals surface area contributed by atoms with Crippen molar-refractivity contribution in [1.29, 1.82) is 0 Å². The van der Waals surface area contributed by atoms with Crippen LogP contribution in [-0.4, -0.2) is 84.5 Å². The normalized spacial score (nSPS) is 23.4. The average Bonchev–Trinajstić information content (AvgIpc) is 3.27. The van der Waals surface area contributed by atoms with Gasteiger partial charge in [0.1, 0.15) is 6.33 Å². The van der Waals surface area contributed by atoms with Gasteiger partial charge in [0, 0.05) is 63.7 Å². The van der Waals surface area contributed by atoms with Gasteiger partial charge < -0.3 is 9.80 Å². The van der Waals surface area contributed by atoms with Gasteiger partial charge >= 0.3 is 18.4 Å². The van der Waals surface area contributed by atoms with E-state index in [-0.39, 0.29) is 35.1 Å². The number of aromatic nitrogens is 5. The molecule has 2 aromatic rings. The number of amides is 2. The third-order valence-corrected chi connectivity index (χ3v) is 7.98. The summed E-state index contributed by atoms with van der Waals surface area (Å²) in [5.74, 6) is -1.14. The van der Waals surface area contributed by atoms with Crippen LogP contribution >= 0.6 is 0 Å². The van der Waals surface area contributed by atoms with E-state index in [4.69, 9.17) is 0 Å². The molecule has 0 unspecified atom stereocenters. The molecule has 0 radical (unpaired) electrons. The molecule has 0 aromatic carbocycles. The van der Waals surface area contributed by atoms with E-state index in [1.54, 1.807) is 9.80 Å². The molecule has 1 aliphatic carbocycles. The van der Waals surface area contributed by atoms with Crippen molar-refractivity contribution in [2.24, 2.45) is 17.9 Å². The van der Waals surface area contributed by atoms with Gasteiger partial charge in [-0.2, -0.15) is 31.4 Å². The molecule has 6 rings (SSSR count). The molecule has 15 heteroatoms. The van der Waals surface area contributed by atoms with Gasteiger partial charge in [-0.05, 0) is 12.8 Å². The zero-order valence-corrected chi connectivity index (χ0v) is 19.3. The Labute approximate surface area is 201 Å². The Morgan fingerprint density at radius 3 is 2.14 bits per heavy atom. The maximum Gasteiger partial charge on any atom is 0.453 e. The highest BCUT2D eigenvalue weighted by Crippen LogP contribution is 2.54. The first-order valence-corrected chi connectivity index (χ1v) is 11.6. The van der Waals surface area contributed by atoms with Crippen LogP contribution in [0.3, 0.4) is 0 Å². The van der Waals surface area contributed by atoms with E-state index in [9.17, 15) is 31.1 Å². The predicted octanol–water partition coefficient (Wildman–Crippen LogP) is 2.62. The van der Waals surface area contributed by atoms with Crippen molar-refractivity contribution in [3.05, 3.63) is 29.6 Å². The maximum atomic E-state index is 13.2. The van der Waals surface area contributed by atoms with Gasteiger partial charge in [0.25, 0.3) is 5.82 Å². The van der Waals surface area contributed by atoms with E-state index in [0.29, 0.717) is 52.1 Å². The van der Waals surface area contributed by atoms with E-state index in [1.807, 2.05) is 4.90 Å². The average molecular weight is 518 g/mol. The second-order valence-electron chi connectivity index (χ2n) is 10.9. The number of hydrogen-bond donors (Lipinski definition) is 0. The third kappa shape index (κ3) is 3.73. The fourth-order valence-electron chi connectivity index (χ4n) is 6.28. The van der Waals surface area contributed by atoms with Crippen LogP contribution in [0.1, 0.15) is 36.0 Å². The Balaban J connectivity index is 0.948. The molecular formula is C21H24F6N8O. The second kappa shape index (κ2) is 7.35. The summed E-state index contributed by atoms with van der Waals surface area (Å²) in [7, 11) is 1.50. The summed E-state index contributed by atoms with van der Waals surface area (Å²) in [4.78, 5) is 21.6. The van der Waals surface area contributed by atoms with Gasteiger partial charge in [-0.3, -0.25) is 9.58 Å². The summed E-state index contributed by atoms with van der Waals surface area (Å²) in [6.07, 6.45) is -5.73. The quantitative estimate of drug-likeness (QED) is 0.585. The molecule has 2 aromatic heterocycles. The van der Waals surface area contributed by atoms with Crippen LogP contribution in [0.4, 0.5) is 31.1 Å². The lowest BCUT2D eigenvalue weighted by Crippen LogP contribution is -2.75. The lowest BCUT2D eigenvalue weighted by Gasteiger charge is -2.63. The maximum absolute atomic E-state index is 13.2. The Kier molecular flexibility index (Phi) is 4.81. The molecule has 4 fully saturated rings. The van der Waals surface area contributed by atoms with Crippen LogP contribution in [0.2, 0.25) is 0 Å². The number of carbonyl (C=O) groups excluding carboxylic acids is 1. The molecule has 5 heterocycles. The molecule has 2 amide bonds.